The Morgan fingerprint density at radius 1 is 0.500 bits per heavy atom. The smallest absolute Gasteiger partial charge is 0.256 e. The van der Waals surface area contributed by atoms with Crippen molar-refractivity contribution in [2.24, 2.45) is 0 Å². The first-order valence-electron chi connectivity index (χ1n) is 13.4. The van der Waals surface area contributed by atoms with Gasteiger partial charge in [0.2, 0.25) is 0 Å². The third-order valence-electron chi connectivity index (χ3n) is 5.37. The fraction of sp³-hybridized carbons (Fsp3) is 0.438. The van der Waals surface area contributed by atoms with Gasteiger partial charge in [-0.05, 0) is 87.4 Å². The normalized spacial score (nSPS) is 9.06. The number of hydrogen-bond acceptors (Lipinski definition) is 2. The van der Waals surface area contributed by atoms with Crippen molar-refractivity contribution in [3.63, 3.8) is 0 Å². The number of benzene rings is 2. The van der Waals surface area contributed by atoms with Crippen LogP contribution < -0.4 is 11.0 Å². The van der Waals surface area contributed by atoms with Gasteiger partial charge in [-0.1, -0.05) is 67.5 Å². The number of H-pyrrole nitrogens is 2. The van der Waals surface area contributed by atoms with Crippen LogP contribution >= 0.6 is 0 Å². The lowest BCUT2D eigenvalue weighted by atomic mass is 10.0. The highest BCUT2D eigenvalue weighted by atomic mass is 16.1. The van der Waals surface area contributed by atoms with Crippen molar-refractivity contribution in [2.75, 3.05) is 0 Å². The van der Waals surface area contributed by atoms with Crippen molar-refractivity contribution in [1.29, 1.82) is 0 Å². The zero-order chi connectivity index (χ0) is 28.6. The van der Waals surface area contributed by atoms with E-state index in [2.05, 4.69) is 30.7 Å². The molecule has 4 heteroatoms. The first-order chi connectivity index (χ1) is 17.2. The van der Waals surface area contributed by atoms with E-state index in [4.69, 9.17) is 0 Å². The monoisotopic (exact) mass is 494 g/mol. The Morgan fingerprint density at radius 3 is 1.47 bits per heavy atom. The first-order valence-corrected chi connectivity index (χ1v) is 13.4. The van der Waals surface area contributed by atoms with Crippen LogP contribution in [0.1, 0.15) is 89.0 Å². The minimum Gasteiger partial charge on any atom is -0.358 e. The summed E-state index contributed by atoms with van der Waals surface area (Å²) in [5.74, 6) is 0. The Bertz CT molecular complexity index is 1210. The number of hydrogen-bond donors (Lipinski definition) is 2. The molecule has 0 saturated carbocycles. The Labute approximate surface area is 219 Å². The van der Waals surface area contributed by atoms with Crippen LogP contribution in [-0.2, 0) is 0 Å². The molecule has 0 amide bonds. The largest absolute Gasteiger partial charge is 0.358 e. The summed E-state index contributed by atoms with van der Waals surface area (Å²) in [5.41, 5.74) is 7.67. The highest BCUT2D eigenvalue weighted by Gasteiger charge is 2.05. The lowest BCUT2D eigenvalue weighted by Crippen LogP contribution is -2.08. The molecule has 0 spiro atoms. The number of aryl methyl sites for hydroxylation is 6. The average molecular weight is 495 g/mol. The summed E-state index contributed by atoms with van der Waals surface area (Å²) in [6.45, 7) is 28.0. The van der Waals surface area contributed by atoms with Gasteiger partial charge in [0.1, 0.15) is 0 Å². The number of nitrogens with one attached hydrogen (secondary N) is 2. The molecule has 0 aliphatic rings. The van der Waals surface area contributed by atoms with Gasteiger partial charge in [-0.2, -0.15) is 0 Å². The first kappa shape index (κ1) is 35.0. The van der Waals surface area contributed by atoms with Crippen LogP contribution in [0.2, 0.25) is 0 Å². The molecule has 0 saturated heterocycles. The predicted octanol–water partition coefficient (Wildman–Crippen LogP) is 9.01. The van der Waals surface area contributed by atoms with Crippen molar-refractivity contribution >= 4 is 21.7 Å². The SMILES string of the molecule is CC.CC.CC.CC.Cc1cc(=O)c2ccc(C)c(C)c2[nH]1.Cc1cc2c(C)c(C)ccc2c(=O)[nH]1. The van der Waals surface area contributed by atoms with Crippen LogP contribution in [0.25, 0.3) is 21.7 Å². The van der Waals surface area contributed by atoms with Crippen molar-refractivity contribution in [1.82, 2.24) is 9.97 Å². The molecule has 0 fully saturated rings. The lowest BCUT2D eigenvalue weighted by Gasteiger charge is -2.06. The Kier molecular flexibility index (Phi) is 17.7. The molecule has 0 aliphatic heterocycles. The lowest BCUT2D eigenvalue weighted by molar-refractivity contribution is 1.17. The van der Waals surface area contributed by atoms with Crippen LogP contribution in [0, 0.1) is 41.5 Å². The second-order valence-corrected chi connectivity index (χ2v) is 7.50. The molecule has 2 aromatic carbocycles. The molecule has 0 atom stereocenters. The van der Waals surface area contributed by atoms with Gasteiger partial charge in [-0.3, -0.25) is 9.59 Å². The number of fused-ring (bicyclic) bond motifs is 2. The third-order valence-corrected chi connectivity index (χ3v) is 5.37. The van der Waals surface area contributed by atoms with Crippen LogP contribution in [-0.4, -0.2) is 9.97 Å². The summed E-state index contributed by atoms with van der Waals surface area (Å²) in [7, 11) is 0. The van der Waals surface area contributed by atoms with E-state index in [0.717, 1.165) is 38.6 Å². The highest BCUT2D eigenvalue weighted by Crippen LogP contribution is 2.19. The topological polar surface area (TPSA) is 65.7 Å². The van der Waals surface area contributed by atoms with Crippen molar-refractivity contribution in [3.8, 4) is 0 Å². The molecule has 0 radical (unpaired) electrons. The van der Waals surface area contributed by atoms with Gasteiger partial charge in [0, 0.05) is 28.2 Å². The molecule has 4 nitrogen and oxygen atoms in total. The molecule has 2 heterocycles. The Morgan fingerprint density at radius 2 is 0.944 bits per heavy atom. The van der Waals surface area contributed by atoms with E-state index in [0.29, 0.717) is 0 Å². The Hall–Kier alpha value is -3.14. The number of pyridine rings is 2. The number of aromatic nitrogens is 2. The molecule has 0 unspecified atom stereocenters. The molecule has 200 valence electrons. The predicted molar refractivity (Wildman–Crippen MR) is 163 cm³/mol. The van der Waals surface area contributed by atoms with E-state index in [9.17, 15) is 9.59 Å². The standard InChI is InChI=1S/2C12H13NO.4C2H6/c1-7-4-5-10-11(14)6-8(2)13-12(10)9(7)3;1-7-4-5-10-11(9(7)3)6-8(2)13-12(10)14;4*1-2/h2*4-6H,1-3H3,(H,13,14);4*1-2H3. The molecular weight excluding hydrogens is 444 g/mol. The van der Waals surface area contributed by atoms with Gasteiger partial charge in [0.15, 0.2) is 5.43 Å². The quantitative estimate of drug-likeness (QED) is 0.256. The molecule has 2 N–H and O–H groups in total. The van der Waals surface area contributed by atoms with Gasteiger partial charge >= 0.3 is 0 Å². The van der Waals surface area contributed by atoms with Gasteiger partial charge in [-0.15, -0.1) is 0 Å². The van der Waals surface area contributed by atoms with Gasteiger partial charge in [0.05, 0.1) is 5.52 Å². The maximum Gasteiger partial charge on any atom is 0.256 e. The summed E-state index contributed by atoms with van der Waals surface area (Å²) >= 11 is 0. The van der Waals surface area contributed by atoms with Crippen LogP contribution in [0.3, 0.4) is 0 Å². The summed E-state index contributed by atoms with van der Waals surface area (Å²) in [6, 6.07) is 11.4. The van der Waals surface area contributed by atoms with Crippen LogP contribution in [0.15, 0.2) is 46.0 Å². The molecule has 0 aliphatic carbocycles. The van der Waals surface area contributed by atoms with Crippen LogP contribution in [0.4, 0.5) is 0 Å². The van der Waals surface area contributed by atoms with E-state index in [-0.39, 0.29) is 11.0 Å². The molecule has 36 heavy (non-hydrogen) atoms. The summed E-state index contributed by atoms with van der Waals surface area (Å²) in [6.07, 6.45) is 0. The van der Waals surface area contributed by atoms with Crippen molar-refractivity contribution in [2.45, 2.75) is 96.9 Å². The maximum absolute atomic E-state index is 11.6. The molecule has 4 rings (SSSR count). The summed E-state index contributed by atoms with van der Waals surface area (Å²) in [5, 5.41) is 2.61. The van der Waals surface area contributed by atoms with Gasteiger partial charge < -0.3 is 9.97 Å². The van der Waals surface area contributed by atoms with Crippen molar-refractivity contribution in [3.05, 3.63) is 90.6 Å². The fourth-order valence-corrected chi connectivity index (χ4v) is 3.41. The van der Waals surface area contributed by atoms with E-state index < -0.39 is 0 Å². The van der Waals surface area contributed by atoms with E-state index in [1.54, 1.807) is 6.07 Å². The van der Waals surface area contributed by atoms with E-state index in [1.165, 1.54) is 16.7 Å². The zero-order valence-electron chi connectivity index (χ0n) is 25.3. The summed E-state index contributed by atoms with van der Waals surface area (Å²) < 4.78 is 0. The highest BCUT2D eigenvalue weighted by molar-refractivity contribution is 5.86. The fourth-order valence-electron chi connectivity index (χ4n) is 3.41. The number of aromatic amines is 2. The minimum absolute atomic E-state index is 0.00287. The van der Waals surface area contributed by atoms with Gasteiger partial charge in [0.25, 0.3) is 5.56 Å². The van der Waals surface area contributed by atoms with Gasteiger partial charge in [-0.25, -0.2) is 0 Å². The second kappa shape index (κ2) is 18.2. The molecule has 2 aromatic heterocycles. The average Bonchev–Trinajstić information content (AvgIpc) is 2.89. The van der Waals surface area contributed by atoms with E-state index in [1.807, 2.05) is 106 Å². The molecule has 4 aromatic rings. The third kappa shape index (κ3) is 9.14. The molecular formula is C32H50N2O2. The number of rotatable bonds is 0. The van der Waals surface area contributed by atoms with E-state index >= 15 is 0 Å². The second-order valence-electron chi connectivity index (χ2n) is 7.50. The van der Waals surface area contributed by atoms with Crippen molar-refractivity contribution < 1.29 is 0 Å². The summed E-state index contributed by atoms with van der Waals surface area (Å²) in [4.78, 5) is 29.3. The maximum atomic E-state index is 11.6. The Balaban J connectivity index is 0. The minimum atomic E-state index is 0.00287. The molecule has 0 bridgehead atoms. The zero-order valence-corrected chi connectivity index (χ0v) is 25.3. The van der Waals surface area contributed by atoms with Crippen LogP contribution in [0.5, 0.6) is 0 Å².